The van der Waals surface area contributed by atoms with Gasteiger partial charge in [0.25, 0.3) is 0 Å². The van der Waals surface area contributed by atoms with Crippen LogP contribution < -0.4 is 20.5 Å². The Kier molecular flexibility index (Phi) is 12.7. The smallest absolute Gasteiger partial charge is 0.183 e. The fourth-order valence-corrected chi connectivity index (χ4v) is 5.96. The maximum atomic E-state index is 8.75. The van der Waals surface area contributed by atoms with Crippen LogP contribution in [0.3, 0.4) is 0 Å². The summed E-state index contributed by atoms with van der Waals surface area (Å²) < 4.78 is 17.3. The molecule has 0 bridgehead atoms. The molecule has 0 radical (unpaired) electrons. The molecule has 2 aromatic carbocycles. The Bertz CT molecular complexity index is 1230. The van der Waals surface area contributed by atoms with Crippen molar-refractivity contribution in [2.75, 3.05) is 51.4 Å². The van der Waals surface area contributed by atoms with Gasteiger partial charge in [-0.05, 0) is 87.6 Å². The van der Waals surface area contributed by atoms with Crippen molar-refractivity contribution in [2.24, 2.45) is 10.9 Å². The lowest BCUT2D eigenvalue weighted by Crippen LogP contribution is -2.42. The summed E-state index contributed by atoms with van der Waals surface area (Å²) in [4.78, 5) is 8.82. The van der Waals surface area contributed by atoms with Crippen LogP contribution in [-0.2, 0) is 11.2 Å². The van der Waals surface area contributed by atoms with Gasteiger partial charge in [0.1, 0.15) is 11.5 Å². The van der Waals surface area contributed by atoms with Gasteiger partial charge in [-0.3, -0.25) is 4.90 Å². The van der Waals surface area contributed by atoms with E-state index in [1.807, 2.05) is 24.3 Å². The topological polar surface area (TPSA) is 114 Å². The van der Waals surface area contributed by atoms with Gasteiger partial charge in [0.05, 0.1) is 32.1 Å². The fraction of sp³-hybridized carbons (Fsp3) is 0.500. The number of anilines is 1. The number of hydrogen-bond acceptors (Lipinski definition) is 9. The van der Waals surface area contributed by atoms with Crippen molar-refractivity contribution in [1.82, 2.24) is 9.88 Å². The van der Waals surface area contributed by atoms with E-state index in [2.05, 4.69) is 41.4 Å². The maximum Gasteiger partial charge on any atom is 0.183 e. The number of oxime groups is 1. The lowest BCUT2D eigenvalue weighted by Gasteiger charge is -2.29. The molecule has 1 aromatic heterocycles. The molecule has 0 saturated carbocycles. The molecule has 9 nitrogen and oxygen atoms in total. The number of nitrogens with one attached hydrogen (secondary N) is 1. The summed E-state index contributed by atoms with van der Waals surface area (Å²) in [6.45, 7) is 10.4. The van der Waals surface area contributed by atoms with Gasteiger partial charge < -0.3 is 30.5 Å². The van der Waals surface area contributed by atoms with E-state index in [9.17, 15) is 0 Å². The van der Waals surface area contributed by atoms with Crippen LogP contribution in [0.5, 0.6) is 11.5 Å². The Hall–Kier alpha value is -3.34. The highest BCUT2D eigenvalue weighted by molar-refractivity contribution is 7.16. The second kappa shape index (κ2) is 16.9. The molecular weight excluding hydrogens is 550 g/mol. The Labute approximate surface area is 253 Å². The lowest BCUT2D eigenvalue weighted by molar-refractivity contribution is 0.0368. The normalized spacial score (nSPS) is 15.0. The highest BCUT2D eigenvalue weighted by Crippen LogP contribution is 2.33. The first-order chi connectivity index (χ1) is 20.6. The summed E-state index contributed by atoms with van der Waals surface area (Å²) in [6, 6.07) is 15.9. The molecule has 1 aliphatic rings. The Balaban J connectivity index is 1.20. The Morgan fingerprint density at radius 1 is 1.02 bits per heavy atom. The predicted octanol–water partition coefficient (Wildman–Crippen LogP) is 6.01. The first kappa shape index (κ1) is 31.6. The first-order valence-electron chi connectivity index (χ1n) is 15.1. The van der Waals surface area contributed by atoms with Gasteiger partial charge in [0.15, 0.2) is 11.0 Å². The molecule has 42 heavy (non-hydrogen) atoms. The number of ether oxygens (including phenoxy) is 3. The van der Waals surface area contributed by atoms with E-state index in [0.29, 0.717) is 24.8 Å². The second-order valence-electron chi connectivity index (χ2n) is 10.6. The number of morpholine rings is 1. The number of unbranched alkanes of at least 4 members (excludes halogenated alkanes) is 3. The van der Waals surface area contributed by atoms with Crippen molar-refractivity contribution in [2.45, 2.75) is 58.4 Å². The summed E-state index contributed by atoms with van der Waals surface area (Å²) in [7, 11) is 0. The fourth-order valence-electron chi connectivity index (χ4n) is 4.82. The minimum absolute atomic E-state index is 0.0860. The van der Waals surface area contributed by atoms with Crippen molar-refractivity contribution in [3.8, 4) is 22.8 Å². The summed E-state index contributed by atoms with van der Waals surface area (Å²) in [5, 5.41) is 16.4. The van der Waals surface area contributed by atoms with Gasteiger partial charge in [0, 0.05) is 41.7 Å². The molecule has 4 rings (SSSR count). The maximum absolute atomic E-state index is 8.75. The van der Waals surface area contributed by atoms with E-state index < -0.39 is 0 Å². The SMILES string of the molecule is CCCCc1sc(NC(C)CN2CCOCC2)nc1-c1ccc(OCCCCCOc2ccc(C(N)=NO)cc2)cc1. The molecule has 1 fully saturated rings. The number of nitrogens with zero attached hydrogens (tertiary/aromatic N) is 3. The largest absolute Gasteiger partial charge is 0.494 e. The van der Waals surface area contributed by atoms with Crippen LogP contribution in [0.4, 0.5) is 5.13 Å². The molecule has 2 heterocycles. The molecule has 0 aliphatic carbocycles. The van der Waals surface area contributed by atoms with E-state index in [0.717, 1.165) is 99.3 Å². The number of thiazole rings is 1. The van der Waals surface area contributed by atoms with Crippen LogP contribution in [0.15, 0.2) is 53.7 Å². The van der Waals surface area contributed by atoms with Gasteiger partial charge in [-0.1, -0.05) is 18.5 Å². The first-order valence-corrected chi connectivity index (χ1v) is 15.9. The van der Waals surface area contributed by atoms with Crippen molar-refractivity contribution >= 4 is 22.3 Å². The molecule has 0 amide bonds. The van der Waals surface area contributed by atoms with E-state index >= 15 is 0 Å². The van der Waals surface area contributed by atoms with E-state index in [-0.39, 0.29) is 5.84 Å². The van der Waals surface area contributed by atoms with Crippen LogP contribution >= 0.6 is 11.3 Å². The molecule has 228 valence electrons. The number of aromatic nitrogens is 1. The quantitative estimate of drug-likeness (QED) is 0.0572. The zero-order chi connectivity index (χ0) is 29.6. The standard InChI is InChI=1S/C32H45N5O4S/c1-3-4-8-29-30(35-32(42-29)34-24(2)23-37-17-21-39-22-18-37)25-9-13-27(14-10-25)40-19-6-5-7-20-41-28-15-11-26(12-16-28)31(33)36-38/h9-16,24,38H,3-8,17-23H2,1-2H3,(H2,33,36)(H,34,35). The second-order valence-corrected chi connectivity index (χ2v) is 11.7. The summed E-state index contributed by atoms with van der Waals surface area (Å²) in [5.74, 6) is 1.73. The van der Waals surface area contributed by atoms with E-state index in [1.165, 1.54) is 4.88 Å². The number of benzene rings is 2. The van der Waals surface area contributed by atoms with Gasteiger partial charge in [-0.2, -0.15) is 0 Å². The van der Waals surface area contributed by atoms with Crippen molar-refractivity contribution in [1.29, 1.82) is 0 Å². The third-order valence-electron chi connectivity index (χ3n) is 7.17. The Morgan fingerprint density at radius 2 is 1.67 bits per heavy atom. The zero-order valence-corrected chi connectivity index (χ0v) is 25.7. The van der Waals surface area contributed by atoms with Crippen molar-refractivity contribution in [3.05, 3.63) is 59.0 Å². The van der Waals surface area contributed by atoms with Crippen LogP contribution in [0.25, 0.3) is 11.3 Å². The molecule has 1 saturated heterocycles. The van der Waals surface area contributed by atoms with E-state index in [1.54, 1.807) is 23.5 Å². The monoisotopic (exact) mass is 595 g/mol. The van der Waals surface area contributed by atoms with Crippen LogP contribution in [0, 0.1) is 0 Å². The number of nitrogens with two attached hydrogens (primary N) is 1. The number of hydrogen-bond donors (Lipinski definition) is 3. The van der Waals surface area contributed by atoms with Crippen LogP contribution in [-0.4, -0.2) is 73.0 Å². The van der Waals surface area contributed by atoms with Crippen molar-refractivity contribution in [3.63, 3.8) is 0 Å². The average molecular weight is 596 g/mol. The molecular formula is C32H45N5O4S. The highest BCUT2D eigenvalue weighted by atomic mass is 32.1. The lowest BCUT2D eigenvalue weighted by atomic mass is 10.1. The average Bonchev–Trinajstić information content (AvgIpc) is 3.42. The Morgan fingerprint density at radius 3 is 2.29 bits per heavy atom. The van der Waals surface area contributed by atoms with Crippen molar-refractivity contribution < 1.29 is 19.4 Å². The molecule has 10 heteroatoms. The third kappa shape index (κ3) is 9.89. The molecule has 1 atom stereocenters. The molecule has 1 aliphatic heterocycles. The summed E-state index contributed by atoms with van der Waals surface area (Å²) in [6.07, 6.45) is 6.28. The highest BCUT2D eigenvalue weighted by Gasteiger charge is 2.17. The van der Waals surface area contributed by atoms with Gasteiger partial charge in [-0.15, -0.1) is 11.3 Å². The van der Waals surface area contributed by atoms with Gasteiger partial charge >= 0.3 is 0 Å². The number of aryl methyl sites for hydroxylation is 1. The van der Waals surface area contributed by atoms with Crippen LogP contribution in [0.1, 0.15) is 56.4 Å². The van der Waals surface area contributed by atoms with E-state index in [4.69, 9.17) is 30.1 Å². The third-order valence-corrected chi connectivity index (χ3v) is 8.22. The molecule has 0 spiro atoms. The van der Waals surface area contributed by atoms with Crippen LogP contribution in [0.2, 0.25) is 0 Å². The predicted molar refractivity (Wildman–Crippen MR) is 170 cm³/mol. The minimum atomic E-state index is 0.0860. The molecule has 1 unspecified atom stereocenters. The molecule has 4 N–H and O–H groups in total. The number of amidine groups is 1. The number of rotatable bonds is 17. The minimum Gasteiger partial charge on any atom is -0.494 e. The molecule has 3 aromatic rings. The van der Waals surface area contributed by atoms with Gasteiger partial charge in [0.2, 0.25) is 0 Å². The summed E-state index contributed by atoms with van der Waals surface area (Å²) >= 11 is 1.79. The zero-order valence-electron chi connectivity index (χ0n) is 24.9. The summed E-state index contributed by atoms with van der Waals surface area (Å²) in [5.41, 5.74) is 8.46. The van der Waals surface area contributed by atoms with Gasteiger partial charge in [-0.25, -0.2) is 4.98 Å².